The van der Waals surface area contributed by atoms with Crippen molar-refractivity contribution in [3.63, 3.8) is 0 Å². The molecule has 122 valence electrons. The van der Waals surface area contributed by atoms with Crippen LogP contribution in [-0.4, -0.2) is 21.5 Å². The van der Waals surface area contributed by atoms with Crippen molar-refractivity contribution in [3.8, 4) is 0 Å². The fraction of sp³-hybridized carbons (Fsp3) is 0.353. The van der Waals surface area contributed by atoms with Gasteiger partial charge in [-0.25, -0.2) is 0 Å². The van der Waals surface area contributed by atoms with Gasteiger partial charge in [0.15, 0.2) is 5.78 Å². The minimum Gasteiger partial charge on any atom is -0.349 e. The molecule has 0 aliphatic rings. The van der Waals surface area contributed by atoms with Crippen LogP contribution in [0.4, 0.5) is 0 Å². The quantitative estimate of drug-likeness (QED) is 0.826. The summed E-state index contributed by atoms with van der Waals surface area (Å²) in [4.78, 5) is 24.4. The molecule has 2 rings (SSSR count). The highest BCUT2D eigenvalue weighted by Gasteiger charge is 2.20. The van der Waals surface area contributed by atoms with Gasteiger partial charge >= 0.3 is 0 Å². The molecule has 0 unspecified atom stereocenters. The third-order valence-electron chi connectivity index (χ3n) is 3.67. The molecule has 5 nitrogen and oxygen atoms in total. The van der Waals surface area contributed by atoms with Gasteiger partial charge in [-0.1, -0.05) is 18.5 Å². The average molecular weight is 334 g/mol. The molecule has 0 saturated carbocycles. The zero-order valence-corrected chi connectivity index (χ0v) is 14.2. The standard InChI is InChI=1S/C17H20ClN3O2/c1-11(17(23)13-4-6-15(18)7-5-13)8-16(22)20-12(2)14-9-19-21(3)10-14/h4-7,9-12H,8H2,1-3H3,(H,20,22)/t11-,12+/m1/s1. The van der Waals surface area contributed by atoms with Crippen LogP contribution in [0.1, 0.15) is 42.2 Å². The van der Waals surface area contributed by atoms with Crippen molar-refractivity contribution in [3.05, 3.63) is 52.8 Å². The maximum atomic E-state index is 12.3. The molecule has 0 aliphatic carbocycles. The monoisotopic (exact) mass is 333 g/mol. The molecule has 1 heterocycles. The summed E-state index contributed by atoms with van der Waals surface area (Å²) < 4.78 is 1.69. The van der Waals surface area contributed by atoms with E-state index in [1.807, 2.05) is 20.2 Å². The number of nitrogens with one attached hydrogen (secondary N) is 1. The summed E-state index contributed by atoms with van der Waals surface area (Å²) in [7, 11) is 1.82. The number of aromatic nitrogens is 2. The predicted octanol–water partition coefficient (Wildman–Crippen LogP) is 3.16. The number of rotatable bonds is 6. The molecule has 23 heavy (non-hydrogen) atoms. The Labute approximate surface area is 140 Å². The van der Waals surface area contributed by atoms with Gasteiger partial charge in [0.25, 0.3) is 0 Å². The number of aryl methyl sites for hydroxylation is 1. The Morgan fingerprint density at radius 3 is 2.48 bits per heavy atom. The molecule has 1 aromatic carbocycles. The van der Waals surface area contributed by atoms with Gasteiger partial charge in [-0.3, -0.25) is 14.3 Å². The lowest BCUT2D eigenvalue weighted by Gasteiger charge is -2.15. The lowest BCUT2D eigenvalue weighted by Crippen LogP contribution is -2.29. The van der Waals surface area contributed by atoms with Gasteiger partial charge in [-0.2, -0.15) is 5.10 Å². The van der Waals surface area contributed by atoms with E-state index in [4.69, 9.17) is 11.6 Å². The van der Waals surface area contributed by atoms with Crippen LogP contribution in [0.5, 0.6) is 0 Å². The highest BCUT2D eigenvalue weighted by atomic mass is 35.5. The first-order chi connectivity index (χ1) is 10.9. The van der Waals surface area contributed by atoms with Crippen LogP contribution in [0.3, 0.4) is 0 Å². The van der Waals surface area contributed by atoms with E-state index in [1.165, 1.54) is 0 Å². The smallest absolute Gasteiger partial charge is 0.221 e. The molecule has 2 atom stereocenters. The number of ketones is 1. The van der Waals surface area contributed by atoms with Crippen LogP contribution < -0.4 is 5.32 Å². The number of Topliss-reactive ketones (excluding diaryl/α,β-unsaturated/α-hetero) is 1. The van der Waals surface area contributed by atoms with Crippen molar-refractivity contribution in [2.45, 2.75) is 26.3 Å². The number of halogens is 1. The zero-order valence-electron chi connectivity index (χ0n) is 13.4. The van der Waals surface area contributed by atoms with E-state index in [1.54, 1.807) is 42.1 Å². The Kier molecular flexibility index (Phi) is 5.55. The van der Waals surface area contributed by atoms with Gasteiger partial charge in [0, 0.05) is 41.7 Å². The van der Waals surface area contributed by atoms with Gasteiger partial charge in [0.2, 0.25) is 5.91 Å². The summed E-state index contributed by atoms with van der Waals surface area (Å²) in [6.45, 7) is 3.64. The SMILES string of the molecule is C[C@H](CC(=O)N[C@@H](C)c1cnn(C)c1)C(=O)c1ccc(Cl)cc1. The molecule has 0 aliphatic heterocycles. The molecule has 1 N–H and O–H groups in total. The first kappa shape index (κ1) is 17.2. The van der Waals surface area contributed by atoms with E-state index in [0.717, 1.165) is 5.56 Å². The van der Waals surface area contributed by atoms with Crippen molar-refractivity contribution in [1.29, 1.82) is 0 Å². The summed E-state index contributed by atoms with van der Waals surface area (Å²) in [5.41, 5.74) is 1.49. The van der Waals surface area contributed by atoms with Crippen molar-refractivity contribution in [2.24, 2.45) is 13.0 Å². The van der Waals surface area contributed by atoms with Crippen LogP contribution in [0.25, 0.3) is 0 Å². The fourth-order valence-corrected chi connectivity index (χ4v) is 2.44. The molecular weight excluding hydrogens is 314 g/mol. The number of benzene rings is 1. The molecule has 1 aromatic heterocycles. The third kappa shape index (κ3) is 4.66. The maximum Gasteiger partial charge on any atom is 0.221 e. The highest BCUT2D eigenvalue weighted by molar-refractivity contribution is 6.30. The third-order valence-corrected chi connectivity index (χ3v) is 3.92. The lowest BCUT2D eigenvalue weighted by atomic mass is 9.96. The number of amides is 1. The molecule has 6 heteroatoms. The van der Waals surface area contributed by atoms with Crippen LogP contribution >= 0.6 is 11.6 Å². The number of carbonyl (C=O) groups excluding carboxylic acids is 2. The van der Waals surface area contributed by atoms with E-state index in [-0.39, 0.29) is 24.2 Å². The van der Waals surface area contributed by atoms with Crippen LogP contribution in [0.2, 0.25) is 5.02 Å². The summed E-state index contributed by atoms with van der Waals surface area (Å²) in [6.07, 6.45) is 3.71. The summed E-state index contributed by atoms with van der Waals surface area (Å²) in [5.74, 6) is -0.612. The fourth-order valence-electron chi connectivity index (χ4n) is 2.32. The van der Waals surface area contributed by atoms with Crippen LogP contribution in [0, 0.1) is 5.92 Å². The second-order valence-electron chi connectivity index (χ2n) is 5.71. The topological polar surface area (TPSA) is 64.0 Å². The second kappa shape index (κ2) is 7.42. The van der Waals surface area contributed by atoms with Gasteiger partial charge in [-0.15, -0.1) is 0 Å². The number of carbonyl (C=O) groups is 2. The first-order valence-electron chi connectivity index (χ1n) is 7.44. The molecular formula is C17H20ClN3O2. The van der Waals surface area contributed by atoms with Gasteiger partial charge < -0.3 is 5.32 Å². The van der Waals surface area contributed by atoms with Crippen molar-refractivity contribution in [1.82, 2.24) is 15.1 Å². The molecule has 0 bridgehead atoms. The zero-order chi connectivity index (χ0) is 17.0. The second-order valence-corrected chi connectivity index (χ2v) is 6.15. The van der Waals surface area contributed by atoms with E-state index in [9.17, 15) is 9.59 Å². The number of nitrogens with zero attached hydrogens (tertiary/aromatic N) is 2. The van der Waals surface area contributed by atoms with Gasteiger partial charge in [-0.05, 0) is 31.2 Å². The minimum absolute atomic E-state index is 0.0640. The number of hydrogen-bond donors (Lipinski definition) is 1. The number of hydrogen-bond acceptors (Lipinski definition) is 3. The Morgan fingerprint density at radius 1 is 1.26 bits per heavy atom. The molecule has 1 amide bonds. The normalized spacial score (nSPS) is 13.4. The van der Waals surface area contributed by atoms with Crippen LogP contribution in [-0.2, 0) is 11.8 Å². The van der Waals surface area contributed by atoms with E-state index in [0.29, 0.717) is 10.6 Å². The summed E-state index contributed by atoms with van der Waals surface area (Å²) in [6, 6.07) is 6.56. The molecule has 0 saturated heterocycles. The van der Waals surface area contributed by atoms with Crippen LogP contribution in [0.15, 0.2) is 36.7 Å². The van der Waals surface area contributed by atoms with E-state index >= 15 is 0 Å². The van der Waals surface area contributed by atoms with Gasteiger partial charge in [0.1, 0.15) is 0 Å². The Morgan fingerprint density at radius 2 is 1.91 bits per heavy atom. The minimum atomic E-state index is -0.391. The predicted molar refractivity (Wildman–Crippen MR) is 89.3 cm³/mol. The Bertz CT molecular complexity index is 694. The van der Waals surface area contributed by atoms with Crippen molar-refractivity contribution < 1.29 is 9.59 Å². The lowest BCUT2D eigenvalue weighted by molar-refractivity contribution is -0.122. The first-order valence-corrected chi connectivity index (χ1v) is 7.82. The largest absolute Gasteiger partial charge is 0.349 e. The molecule has 0 radical (unpaired) electrons. The summed E-state index contributed by atoms with van der Waals surface area (Å²) >= 11 is 5.82. The summed E-state index contributed by atoms with van der Waals surface area (Å²) in [5, 5.41) is 7.55. The Hall–Kier alpha value is -2.14. The Balaban J connectivity index is 1.91. The maximum absolute atomic E-state index is 12.3. The average Bonchev–Trinajstić information content (AvgIpc) is 2.93. The molecule has 0 fully saturated rings. The molecule has 0 spiro atoms. The van der Waals surface area contributed by atoms with Gasteiger partial charge in [0.05, 0.1) is 12.2 Å². The highest BCUT2D eigenvalue weighted by Crippen LogP contribution is 2.16. The van der Waals surface area contributed by atoms with Crippen molar-refractivity contribution >= 4 is 23.3 Å². The van der Waals surface area contributed by atoms with Crippen molar-refractivity contribution in [2.75, 3.05) is 0 Å². The molecule has 2 aromatic rings. The van der Waals surface area contributed by atoms with E-state index in [2.05, 4.69) is 10.4 Å². The van der Waals surface area contributed by atoms with E-state index < -0.39 is 5.92 Å².